The summed E-state index contributed by atoms with van der Waals surface area (Å²) in [6, 6.07) is 3.79. The molecule has 1 aliphatic rings. The largest absolute Gasteiger partial charge is 0.467 e. The van der Waals surface area contributed by atoms with Crippen molar-refractivity contribution in [3.63, 3.8) is 0 Å². The number of carbonyl (C=O) groups is 2. The SMILES string of the molecule is CC(C)(C(=O)NCc1ccco1)C(=O)NC1CC1. The predicted octanol–water partition coefficient (Wildman–Crippen LogP) is 1.20. The molecule has 2 N–H and O–H groups in total. The summed E-state index contributed by atoms with van der Waals surface area (Å²) >= 11 is 0. The molecule has 0 spiro atoms. The first kappa shape index (κ1) is 12.7. The number of hydrogen-bond donors (Lipinski definition) is 2. The van der Waals surface area contributed by atoms with E-state index in [0.29, 0.717) is 12.3 Å². The van der Waals surface area contributed by atoms with Gasteiger partial charge in [-0.25, -0.2) is 0 Å². The number of rotatable bonds is 5. The Morgan fingerprint density at radius 1 is 1.39 bits per heavy atom. The molecule has 1 aromatic heterocycles. The molecule has 1 fully saturated rings. The lowest BCUT2D eigenvalue weighted by molar-refractivity contribution is -0.141. The van der Waals surface area contributed by atoms with E-state index in [2.05, 4.69) is 10.6 Å². The average molecular weight is 250 g/mol. The van der Waals surface area contributed by atoms with E-state index in [4.69, 9.17) is 4.42 Å². The lowest BCUT2D eigenvalue weighted by Crippen LogP contribution is -2.48. The molecule has 0 saturated heterocycles. The third-order valence-corrected chi connectivity index (χ3v) is 3.05. The molecule has 0 unspecified atom stereocenters. The summed E-state index contributed by atoms with van der Waals surface area (Å²) in [6.45, 7) is 3.55. The quantitative estimate of drug-likeness (QED) is 0.771. The zero-order valence-corrected chi connectivity index (χ0v) is 10.7. The molecule has 1 aliphatic carbocycles. The molecule has 1 heterocycles. The van der Waals surface area contributed by atoms with Crippen molar-refractivity contribution in [3.8, 4) is 0 Å². The van der Waals surface area contributed by atoms with Gasteiger partial charge in [-0.05, 0) is 38.8 Å². The van der Waals surface area contributed by atoms with E-state index in [1.807, 2.05) is 0 Å². The van der Waals surface area contributed by atoms with Gasteiger partial charge in [-0.3, -0.25) is 9.59 Å². The molecular formula is C13H18N2O3. The molecule has 98 valence electrons. The van der Waals surface area contributed by atoms with Gasteiger partial charge in [-0.15, -0.1) is 0 Å². The van der Waals surface area contributed by atoms with Gasteiger partial charge >= 0.3 is 0 Å². The van der Waals surface area contributed by atoms with Crippen LogP contribution in [0.1, 0.15) is 32.4 Å². The van der Waals surface area contributed by atoms with Crippen molar-refractivity contribution >= 4 is 11.8 Å². The van der Waals surface area contributed by atoms with Crippen molar-refractivity contribution < 1.29 is 14.0 Å². The maximum atomic E-state index is 12.0. The highest BCUT2D eigenvalue weighted by molar-refractivity contribution is 6.04. The van der Waals surface area contributed by atoms with E-state index < -0.39 is 5.41 Å². The third kappa shape index (κ3) is 2.91. The lowest BCUT2D eigenvalue weighted by atomic mass is 9.91. The average Bonchev–Trinajstić information content (AvgIpc) is 2.99. The van der Waals surface area contributed by atoms with E-state index in [1.54, 1.807) is 32.2 Å². The molecule has 0 aromatic carbocycles. The molecule has 0 radical (unpaired) electrons. The van der Waals surface area contributed by atoms with Crippen molar-refractivity contribution in [2.45, 2.75) is 39.3 Å². The highest BCUT2D eigenvalue weighted by Gasteiger charge is 2.38. The molecule has 0 aliphatic heterocycles. The van der Waals surface area contributed by atoms with Crippen LogP contribution >= 0.6 is 0 Å². The second kappa shape index (κ2) is 4.84. The third-order valence-electron chi connectivity index (χ3n) is 3.05. The Balaban J connectivity index is 1.87. The Labute approximate surface area is 106 Å². The van der Waals surface area contributed by atoms with Crippen LogP contribution in [0.15, 0.2) is 22.8 Å². The fourth-order valence-corrected chi connectivity index (χ4v) is 1.50. The van der Waals surface area contributed by atoms with E-state index in [0.717, 1.165) is 12.8 Å². The number of amides is 2. The van der Waals surface area contributed by atoms with Crippen molar-refractivity contribution in [2.24, 2.45) is 5.41 Å². The fourth-order valence-electron chi connectivity index (χ4n) is 1.50. The molecule has 1 saturated carbocycles. The van der Waals surface area contributed by atoms with E-state index in [9.17, 15) is 9.59 Å². The Kier molecular flexibility index (Phi) is 3.41. The van der Waals surface area contributed by atoms with Crippen molar-refractivity contribution in [2.75, 3.05) is 0 Å². The van der Waals surface area contributed by atoms with Gasteiger partial charge in [0.15, 0.2) is 0 Å². The zero-order valence-electron chi connectivity index (χ0n) is 10.7. The summed E-state index contributed by atoms with van der Waals surface area (Å²) in [4.78, 5) is 23.9. The Hall–Kier alpha value is -1.78. The molecule has 5 nitrogen and oxygen atoms in total. The maximum Gasteiger partial charge on any atom is 0.235 e. The van der Waals surface area contributed by atoms with Gasteiger partial charge in [-0.2, -0.15) is 0 Å². The molecule has 2 amide bonds. The van der Waals surface area contributed by atoms with Gasteiger partial charge in [0.25, 0.3) is 0 Å². The summed E-state index contributed by atoms with van der Waals surface area (Å²) in [7, 11) is 0. The van der Waals surface area contributed by atoms with Gasteiger partial charge in [0.2, 0.25) is 11.8 Å². The second-order valence-corrected chi connectivity index (χ2v) is 5.13. The molecule has 2 rings (SSSR count). The topological polar surface area (TPSA) is 71.3 Å². The van der Waals surface area contributed by atoms with Crippen LogP contribution in [0.5, 0.6) is 0 Å². The first-order valence-electron chi connectivity index (χ1n) is 6.12. The highest BCUT2D eigenvalue weighted by atomic mass is 16.3. The van der Waals surface area contributed by atoms with Gasteiger partial charge in [0.05, 0.1) is 12.8 Å². The number of carbonyl (C=O) groups excluding carboxylic acids is 2. The monoisotopic (exact) mass is 250 g/mol. The van der Waals surface area contributed by atoms with Gasteiger partial charge in [0.1, 0.15) is 11.2 Å². The first-order chi connectivity index (χ1) is 8.50. The van der Waals surface area contributed by atoms with Crippen LogP contribution in [0.3, 0.4) is 0 Å². The van der Waals surface area contributed by atoms with Crippen molar-refractivity contribution in [3.05, 3.63) is 24.2 Å². The molecule has 1 aromatic rings. The predicted molar refractivity (Wildman–Crippen MR) is 65.5 cm³/mol. The summed E-state index contributed by atoms with van der Waals surface area (Å²) in [6.07, 6.45) is 3.57. The number of hydrogen-bond acceptors (Lipinski definition) is 3. The lowest BCUT2D eigenvalue weighted by Gasteiger charge is -2.22. The van der Waals surface area contributed by atoms with Crippen LogP contribution in [-0.2, 0) is 16.1 Å². The van der Waals surface area contributed by atoms with Crippen LogP contribution in [-0.4, -0.2) is 17.9 Å². The summed E-state index contributed by atoms with van der Waals surface area (Å²) < 4.78 is 5.12. The van der Waals surface area contributed by atoms with Gasteiger partial charge in [-0.1, -0.05) is 0 Å². The molecule has 0 atom stereocenters. The maximum absolute atomic E-state index is 12.0. The number of nitrogens with one attached hydrogen (secondary N) is 2. The number of furan rings is 1. The fraction of sp³-hybridized carbons (Fsp3) is 0.538. The van der Waals surface area contributed by atoms with E-state index in [1.165, 1.54) is 0 Å². The second-order valence-electron chi connectivity index (χ2n) is 5.13. The molecular weight excluding hydrogens is 232 g/mol. The highest BCUT2D eigenvalue weighted by Crippen LogP contribution is 2.23. The normalized spacial score (nSPS) is 15.2. The van der Waals surface area contributed by atoms with Crippen LogP contribution in [0.4, 0.5) is 0 Å². The van der Waals surface area contributed by atoms with Crippen LogP contribution in [0, 0.1) is 5.41 Å². The first-order valence-corrected chi connectivity index (χ1v) is 6.12. The van der Waals surface area contributed by atoms with Gasteiger partial charge < -0.3 is 15.1 Å². The minimum atomic E-state index is -1.06. The van der Waals surface area contributed by atoms with Crippen LogP contribution < -0.4 is 10.6 Å². The molecule has 0 bridgehead atoms. The van der Waals surface area contributed by atoms with Crippen molar-refractivity contribution in [1.29, 1.82) is 0 Å². The Bertz CT molecular complexity index is 433. The minimum absolute atomic E-state index is 0.220. The molecule has 18 heavy (non-hydrogen) atoms. The smallest absolute Gasteiger partial charge is 0.235 e. The molecule has 5 heteroatoms. The van der Waals surface area contributed by atoms with Crippen LogP contribution in [0.2, 0.25) is 0 Å². The summed E-state index contributed by atoms with van der Waals surface area (Å²) in [5, 5.41) is 5.55. The van der Waals surface area contributed by atoms with Crippen molar-refractivity contribution in [1.82, 2.24) is 10.6 Å². The Morgan fingerprint density at radius 2 is 2.11 bits per heavy atom. The minimum Gasteiger partial charge on any atom is -0.467 e. The van der Waals surface area contributed by atoms with E-state index in [-0.39, 0.29) is 17.9 Å². The summed E-state index contributed by atoms with van der Waals surface area (Å²) in [5.41, 5.74) is -1.06. The Morgan fingerprint density at radius 3 is 2.67 bits per heavy atom. The summed E-state index contributed by atoms with van der Waals surface area (Å²) in [5.74, 6) is 0.153. The van der Waals surface area contributed by atoms with Gasteiger partial charge in [0, 0.05) is 6.04 Å². The zero-order chi connectivity index (χ0) is 13.2. The standard InChI is InChI=1S/C13H18N2O3/c1-13(2,12(17)15-9-5-6-9)11(16)14-8-10-4-3-7-18-10/h3-4,7,9H,5-6,8H2,1-2H3,(H,14,16)(H,15,17). The van der Waals surface area contributed by atoms with E-state index >= 15 is 0 Å². The van der Waals surface area contributed by atoms with Crippen LogP contribution in [0.25, 0.3) is 0 Å².